The number of rotatable bonds is 4. The Morgan fingerprint density at radius 1 is 1.62 bits per heavy atom. The maximum atomic E-state index is 10.9. The van der Waals surface area contributed by atoms with Crippen LogP contribution in [0.5, 0.6) is 0 Å². The van der Waals surface area contributed by atoms with Crippen molar-refractivity contribution in [3.05, 3.63) is 29.3 Å². The molecule has 5 heteroatoms. The number of thioether (sulfide) groups is 1. The van der Waals surface area contributed by atoms with Gasteiger partial charge in [0.1, 0.15) is 12.4 Å². The van der Waals surface area contributed by atoms with E-state index >= 15 is 0 Å². The monoisotopic (exact) mass is 235 g/mol. The van der Waals surface area contributed by atoms with Gasteiger partial charge in [-0.1, -0.05) is 6.07 Å². The Kier molecular flexibility index (Phi) is 4.55. The Morgan fingerprint density at radius 2 is 2.38 bits per heavy atom. The van der Waals surface area contributed by atoms with Gasteiger partial charge in [-0.25, -0.2) is 0 Å². The van der Waals surface area contributed by atoms with E-state index in [-0.39, 0.29) is 11.7 Å². The van der Waals surface area contributed by atoms with Crippen molar-refractivity contribution in [2.24, 2.45) is 0 Å². The molecular weight excluding hydrogens is 226 g/mol. The molecule has 0 radical (unpaired) electrons. The number of methoxy groups -OCH3 is 1. The minimum absolute atomic E-state index is 0.144. The summed E-state index contributed by atoms with van der Waals surface area (Å²) in [5.41, 5.74) is 0.831. The third kappa shape index (κ3) is 3.11. The first-order chi connectivity index (χ1) is 7.71. The maximum Gasteiger partial charge on any atom is 0.315 e. The van der Waals surface area contributed by atoms with Crippen molar-refractivity contribution in [1.29, 1.82) is 5.26 Å². The minimum atomic E-state index is -0.353. The summed E-state index contributed by atoms with van der Waals surface area (Å²) in [7, 11) is 1.31. The van der Waals surface area contributed by atoms with Crippen molar-refractivity contribution in [1.82, 2.24) is 0 Å². The molecule has 1 aromatic rings. The van der Waals surface area contributed by atoms with Crippen LogP contribution in [0.4, 0.5) is 0 Å². The molecule has 0 aliphatic rings. The quantitative estimate of drug-likeness (QED) is 0.451. The van der Waals surface area contributed by atoms with Crippen molar-refractivity contribution >= 4 is 24.0 Å². The van der Waals surface area contributed by atoms with Crippen LogP contribution in [0.1, 0.15) is 15.9 Å². The summed E-state index contributed by atoms with van der Waals surface area (Å²) in [5, 5.41) is 8.87. The van der Waals surface area contributed by atoms with Crippen LogP contribution in [0, 0.1) is 11.3 Å². The molecule has 4 nitrogen and oxygen atoms in total. The van der Waals surface area contributed by atoms with Crippen LogP contribution in [0.3, 0.4) is 0 Å². The predicted molar refractivity (Wildman–Crippen MR) is 59.3 cm³/mol. The highest BCUT2D eigenvalue weighted by atomic mass is 32.2. The zero-order valence-corrected chi connectivity index (χ0v) is 9.41. The topological polar surface area (TPSA) is 67.2 Å². The molecule has 0 N–H and O–H groups in total. The van der Waals surface area contributed by atoms with Gasteiger partial charge in [-0.05, 0) is 12.1 Å². The van der Waals surface area contributed by atoms with Gasteiger partial charge < -0.3 is 4.74 Å². The van der Waals surface area contributed by atoms with Gasteiger partial charge in [0.25, 0.3) is 0 Å². The highest BCUT2D eigenvalue weighted by Gasteiger charge is 2.07. The Bertz CT molecular complexity index is 451. The van der Waals surface area contributed by atoms with Gasteiger partial charge in [0.15, 0.2) is 0 Å². The molecule has 0 aromatic heterocycles. The fourth-order valence-corrected chi connectivity index (χ4v) is 1.85. The summed E-state index contributed by atoms with van der Waals surface area (Å²) in [6.07, 6.45) is 0.676. The van der Waals surface area contributed by atoms with E-state index in [0.717, 1.165) is 0 Å². The second-order valence-corrected chi connectivity index (χ2v) is 3.87. The molecule has 1 aromatic carbocycles. The zero-order chi connectivity index (χ0) is 12.0. The SMILES string of the molecule is COC(=O)CSc1ccc(C=O)cc1C#N. The van der Waals surface area contributed by atoms with Crippen LogP contribution in [0.15, 0.2) is 23.1 Å². The molecule has 0 amide bonds. The number of hydrogen-bond acceptors (Lipinski definition) is 5. The first-order valence-electron chi connectivity index (χ1n) is 4.40. The van der Waals surface area contributed by atoms with Gasteiger partial charge in [0.2, 0.25) is 0 Å². The molecule has 0 fully saturated rings. The van der Waals surface area contributed by atoms with Crippen LogP contribution in [0.2, 0.25) is 0 Å². The Labute approximate surface area is 97.2 Å². The highest BCUT2D eigenvalue weighted by Crippen LogP contribution is 2.23. The molecule has 0 saturated heterocycles. The Hall–Kier alpha value is -1.80. The largest absolute Gasteiger partial charge is 0.468 e. The summed E-state index contributed by atoms with van der Waals surface area (Å²) in [4.78, 5) is 22.1. The molecule has 0 spiro atoms. The number of nitrogens with zero attached hydrogens (tertiary/aromatic N) is 1. The van der Waals surface area contributed by atoms with Gasteiger partial charge in [-0.3, -0.25) is 9.59 Å². The second-order valence-electron chi connectivity index (χ2n) is 2.85. The van der Waals surface area contributed by atoms with E-state index in [9.17, 15) is 9.59 Å². The summed E-state index contributed by atoms with van der Waals surface area (Å²) in [6, 6.07) is 6.73. The summed E-state index contributed by atoms with van der Waals surface area (Å²) >= 11 is 1.21. The number of nitriles is 1. The lowest BCUT2D eigenvalue weighted by Gasteiger charge is -2.03. The van der Waals surface area contributed by atoms with Crippen molar-refractivity contribution in [3.8, 4) is 6.07 Å². The lowest BCUT2D eigenvalue weighted by atomic mass is 10.1. The van der Waals surface area contributed by atoms with Gasteiger partial charge in [0.05, 0.1) is 18.4 Å². The average Bonchev–Trinajstić information content (AvgIpc) is 2.35. The van der Waals surface area contributed by atoms with E-state index in [2.05, 4.69) is 4.74 Å². The number of hydrogen-bond donors (Lipinski definition) is 0. The first-order valence-corrected chi connectivity index (χ1v) is 5.38. The van der Waals surface area contributed by atoms with Crippen molar-refractivity contribution in [2.75, 3.05) is 12.9 Å². The summed E-state index contributed by atoms with van der Waals surface area (Å²) in [6.45, 7) is 0. The average molecular weight is 235 g/mol. The molecular formula is C11H9NO3S. The molecule has 0 heterocycles. The molecule has 0 bridgehead atoms. The van der Waals surface area contributed by atoms with Crippen LogP contribution in [0.25, 0.3) is 0 Å². The third-order valence-corrected chi connectivity index (χ3v) is 2.88. The summed E-state index contributed by atoms with van der Waals surface area (Å²) < 4.78 is 4.49. The first kappa shape index (κ1) is 12.3. The van der Waals surface area contributed by atoms with E-state index < -0.39 is 0 Å². The van der Waals surface area contributed by atoms with E-state index in [1.807, 2.05) is 6.07 Å². The fourth-order valence-electron chi connectivity index (χ4n) is 1.03. The Morgan fingerprint density at radius 3 is 2.94 bits per heavy atom. The molecule has 0 aliphatic heterocycles. The van der Waals surface area contributed by atoms with Crippen molar-refractivity contribution < 1.29 is 14.3 Å². The number of carbonyl (C=O) groups excluding carboxylic acids is 2. The normalized spacial score (nSPS) is 9.25. The standard InChI is InChI=1S/C11H9NO3S/c1-15-11(14)7-16-10-3-2-8(6-13)4-9(10)5-12/h2-4,6H,7H2,1H3. The van der Waals surface area contributed by atoms with Crippen LogP contribution in [-0.2, 0) is 9.53 Å². The third-order valence-electron chi connectivity index (χ3n) is 1.83. The van der Waals surface area contributed by atoms with Gasteiger partial charge in [-0.2, -0.15) is 5.26 Å². The molecule has 0 unspecified atom stereocenters. The number of ether oxygens (including phenoxy) is 1. The lowest BCUT2D eigenvalue weighted by molar-refractivity contribution is -0.137. The zero-order valence-electron chi connectivity index (χ0n) is 8.60. The molecule has 0 atom stereocenters. The van der Waals surface area contributed by atoms with Crippen molar-refractivity contribution in [2.45, 2.75) is 4.90 Å². The number of aldehydes is 1. The lowest BCUT2D eigenvalue weighted by Crippen LogP contribution is -2.03. The fraction of sp³-hybridized carbons (Fsp3) is 0.182. The minimum Gasteiger partial charge on any atom is -0.468 e. The predicted octanol–water partition coefficient (Wildman–Crippen LogP) is 1.64. The molecule has 0 aliphatic carbocycles. The second kappa shape index (κ2) is 5.93. The van der Waals surface area contributed by atoms with Gasteiger partial charge in [0, 0.05) is 10.5 Å². The van der Waals surface area contributed by atoms with Crippen LogP contribution >= 0.6 is 11.8 Å². The summed E-state index contributed by atoms with van der Waals surface area (Å²) in [5.74, 6) is -0.209. The number of carbonyl (C=O) groups is 2. The molecule has 1 rings (SSSR count). The van der Waals surface area contributed by atoms with Crippen LogP contribution < -0.4 is 0 Å². The van der Waals surface area contributed by atoms with E-state index in [0.29, 0.717) is 22.3 Å². The van der Waals surface area contributed by atoms with E-state index in [1.54, 1.807) is 12.1 Å². The van der Waals surface area contributed by atoms with Crippen molar-refractivity contribution in [3.63, 3.8) is 0 Å². The van der Waals surface area contributed by atoms with E-state index in [1.165, 1.54) is 24.9 Å². The van der Waals surface area contributed by atoms with Crippen LogP contribution in [-0.4, -0.2) is 25.1 Å². The molecule has 16 heavy (non-hydrogen) atoms. The van der Waals surface area contributed by atoms with Gasteiger partial charge in [-0.15, -0.1) is 11.8 Å². The van der Waals surface area contributed by atoms with E-state index in [4.69, 9.17) is 5.26 Å². The van der Waals surface area contributed by atoms with Gasteiger partial charge >= 0.3 is 5.97 Å². The smallest absolute Gasteiger partial charge is 0.315 e. The maximum absolute atomic E-state index is 10.9. The molecule has 82 valence electrons. The number of benzene rings is 1. The molecule has 0 saturated carbocycles. The highest BCUT2D eigenvalue weighted by molar-refractivity contribution is 8.00. The Balaban J connectivity index is 2.84. The number of esters is 1.